The number of anilines is 1. The SMILES string of the molecule is CCn1c(SCC(=O)Nc2sc3c(c2C#N)CCCC3)nnc1-c1cc2cccc(OC)c2o1. The Morgan fingerprint density at radius 2 is 2.21 bits per heavy atom. The molecule has 0 saturated carbocycles. The van der Waals surface area contributed by atoms with Gasteiger partial charge in [-0.25, -0.2) is 0 Å². The van der Waals surface area contributed by atoms with Crippen molar-refractivity contribution in [1.82, 2.24) is 14.8 Å². The molecule has 0 atom stereocenters. The van der Waals surface area contributed by atoms with Gasteiger partial charge in [0.1, 0.15) is 11.1 Å². The zero-order valence-corrected chi connectivity index (χ0v) is 20.5. The number of aryl methyl sites for hydroxylation is 1. The van der Waals surface area contributed by atoms with Gasteiger partial charge in [-0.1, -0.05) is 23.9 Å². The Morgan fingerprint density at radius 1 is 1.35 bits per heavy atom. The number of carbonyl (C=O) groups excluding carboxylic acids is 1. The largest absolute Gasteiger partial charge is 0.493 e. The molecule has 0 saturated heterocycles. The lowest BCUT2D eigenvalue weighted by Gasteiger charge is -2.09. The van der Waals surface area contributed by atoms with Crippen molar-refractivity contribution in [2.24, 2.45) is 0 Å². The van der Waals surface area contributed by atoms with Gasteiger partial charge in [0.05, 0.1) is 18.4 Å². The second-order valence-electron chi connectivity index (χ2n) is 7.90. The highest BCUT2D eigenvalue weighted by atomic mass is 32.2. The van der Waals surface area contributed by atoms with Gasteiger partial charge in [0, 0.05) is 16.8 Å². The van der Waals surface area contributed by atoms with Crippen molar-refractivity contribution in [3.63, 3.8) is 0 Å². The van der Waals surface area contributed by atoms with E-state index >= 15 is 0 Å². The number of nitrogens with one attached hydrogen (secondary N) is 1. The topological polar surface area (TPSA) is 106 Å². The van der Waals surface area contributed by atoms with Gasteiger partial charge >= 0.3 is 0 Å². The molecular formula is C24H23N5O3S2. The number of amides is 1. The van der Waals surface area contributed by atoms with Crippen molar-refractivity contribution >= 4 is 45.0 Å². The predicted molar refractivity (Wildman–Crippen MR) is 132 cm³/mol. The number of rotatable bonds is 7. The summed E-state index contributed by atoms with van der Waals surface area (Å²) in [4.78, 5) is 13.9. The van der Waals surface area contributed by atoms with E-state index in [1.807, 2.05) is 35.8 Å². The zero-order valence-electron chi connectivity index (χ0n) is 18.9. The van der Waals surface area contributed by atoms with Crippen LogP contribution in [0.1, 0.15) is 35.8 Å². The average Bonchev–Trinajstić information content (AvgIpc) is 3.56. The van der Waals surface area contributed by atoms with E-state index in [2.05, 4.69) is 21.6 Å². The van der Waals surface area contributed by atoms with Crippen LogP contribution >= 0.6 is 23.1 Å². The van der Waals surface area contributed by atoms with E-state index in [1.54, 1.807) is 7.11 Å². The number of thiophene rings is 1. The summed E-state index contributed by atoms with van der Waals surface area (Å²) < 4.78 is 13.3. The van der Waals surface area contributed by atoms with E-state index in [1.165, 1.54) is 28.0 Å². The lowest BCUT2D eigenvalue weighted by Crippen LogP contribution is -2.14. The molecule has 5 rings (SSSR count). The fraction of sp³-hybridized carbons (Fsp3) is 0.333. The number of nitriles is 1. The molecule has 1 N–H and O–H groups in total. The Balaban J connectivity index is 1.32. The lowest BCUT2D eigenvalue weighted by atomic mass is 9.96. The number of nitrogens with zero attached hydrogens (tertiary/aromatic N) is 4. The Morgan fingerprint density at radius 3 is 3.00 bits per heavy atom. The minimum atomic E-state index is -0.166. The van der Waals surface area contributed by atoms with Gasteiger partial charge in [0.25, 0.3) is 0 Å². The van der Waals surface area contributed by atoms with Crippen LogP contribution < -0.4 is 10.1 Å². The number of furan rings is 1. The van der Waals surface area contributed by atoms with Crippen LogP contribution in [0.2, 0.25) is 0 Å². The molecule has 0 unspecified atom stereocenters. The highest BCUT2D eigenvalue weighted by Crippen LogP contribution is 2.38. The van der Waals surface area contributed by atoms with Gasteiger partial charge in [-0.15, -0.1) is 21.5 Å². The molecule has 4 aromatic rings. The first-order valence-corrected chi connectivity index (χ1v) is 12.9. The first kappa shape index (κ1) is 22.5. The van der Waals surface area contributed by atoms with E-state index in [0.29, 0.717) is 45.2 Å². The molecule has 10 heteroatoms. The number of thioether (sulfide) groups is 1. The maximum absolute atomic E-state index is 12.7. The highest BCUT2D eigenvalue weighted by molar-refractivity contribution is 7.99. The minimum Gasteiger partial charge on any atom is -0.493 e. The Kier molecular flexibility index (Phi) is 6.30. The lowest BCUT2D eigenvalue weighted by molar-refractivity contribution is -0.113. The van der Waals surface area contributed by atoms with Crippen molar-refractivity contribution in [3.8, 4) is 23.4 Å². The summed E-state index contributed by atoms with van der Waals surface area (Å²) in [5.74, 6) is 1.85. The molecule has 8 nitrogen and oxygen atoms in total. The molecule has 3 aromatic heterocycles. The molecule has 3 heterocycles. The van der Waals surface area contributed by atoms with E-state index in [0.717, 1.165) is 36.6 Å². The summed E-state index contributed by atoms with van der Waals surface area (Å²) in [6.07, 6.45) is 4.12. The number of ether oxygens (including phenoxy) is 1. The molecule has 0 fully saturated rings. The van der Waals surface area contributed by atoms with Gasteiger partial charge in [0.2, 0.25) is 11.7 Å². The van der Waals surface area contributed by atoms with Crippen LogP contribution in [0.5, 0.6) is 5.75 Å². The standard InChI is InChI=1S/C24H23N5O3S2/c1-3-29-22(18-11-14-7-6-9-17(31-2)21(14)32-18)27-28-24(29)33-13-20(30)26-23-16(12-25)15-8-4-5-10-19(15)34-23/h6-7,9,11H,3-5,8,10,13H2,1-2H3,(H,26,30). The third-order valence-electron chi connectivity index (χ3n) is 5.85. The fourth-order valence-corrected chi connectivity index (χ4v) is 6.29. The summed E-state index contributed by atoms with van der Waals surface area (Å²) in [5.41, 5.74) is 2.39. The van der Waals surface area contributed by atoms with Gasteiger partial charge < -0.3 is 14.5 Å². The summed E-state index contributed by atoms with van der Waals surface area (Å²) in [7, 11) is 1.61. The van der Waals surface area contributed by atoms with Crippen molar-refractivity contribution in [1.29, 1.82) is 5.26 Å². The third kappa shape index (κ3) is 4.06. The Hall–Kier alpha value is -3.29. The van der Waals surface area contributed by atoms with Gasteiger partial charge in [-0.2, -0.15) is 5.26 Å². The van der Waals surface area contributed by atoms with Gasteiger partial charge in [-0.05, 0) is 50.3 Å². The normalized spacial score (nSPS) is 13.0. The molecule has 1 amide bonds. The second-order valence-corrected chi connectivity index (χ2v) is 9.95. The van der Waals surface area contributed by atoms with Crippen LogP contribution in [-0.4, -0.2) is 33.5 Å². The zero-order chi connectivity index (χ0) is 23.7. The van der Waals surface area contributed by atoms with E-state index in [-0.39, 0.29) is 11.7 Å². The highest BCUT2D eigenvalue weighted by Gasteiger charge is 2.23. The van der Waals surface area contributed by atoms with Crippen molar-refractivity contribution in [2.75, 3.05) is 18.2 Å². The number of fused-ring (bicyclic) bond motifs is 2. The monoisotopic (exact) mass is 493 g/mol. The van der Waals surface area contributed by atoms with Gasteiger partial charge in [0.15, 0.2) is 22.2 Å². The number of aromatic nitrogens is 3. The van der Waals surface area contributed by atoms with Crippen LogP contribution in [0.4, 0.5) is 5.00 Å². The molecule has 0 spiro atoms. The number of para-hydroxylation sites is 1. The maximum Gasteiger partial charge on any atom is 0.235 e. The molecular weight excluding hydrogens is 470 g/mol. The minimum absolute atomic E-state index is 0.166. The fourth-order valence-electron chi connectivity index (χ4n) is 4.24. The van der Waals surface area contributed by atoms with Gasteiger partial charge in [-0.3, -0.25) is 9.36 Å². The average molecular weight is 494 g/mol. The van der Waals surface area contributed by atoms with Crippen LogP contribution in [0.3, 0.4) is 0 Å². The molecule has 0 bridgehead atoms. The molecule has 0 aliphatic heterocycles. The molecule has 0 radical (unpaired) electrons. The van der Waals surface area contributed by atoms with E-state index in [9.17, 15) is 10.1 Å². The quantitative estimate of drug-likeness (QED) is 0.350. The number of carbonyl (C=O) groups is 1. The summed E-state index contributed by atoms with van der Waals surface area (Å²) >= 11 is 2.84. The first-order chi connectivity index (χ1) is 16.6. The number of hydrogen-bond acceptors (Lipinski definition) is 8. The van der Waals surface area contributed by atoms with Crippen molar-refractivity contribution in [2.45, 2.75) is 44.3 Å². The first-order valence-electron chi connectivity index (χ1n) is 11.1. The van der Waals surface area contributed by atoms with Crippen LogP contribution in [-0.2, 0) is 24.2 Å². The van der Waals surface area contributed by atoms with E-state index in [4.69, 9.17) is 9.15 Å². The second kappa shape index (κ2) is 9.52. The summed E-state index contributed by atoms with van der Waals surface area (Å²) in [6.45, 7) is 2.62. The number of methoxy groups -OCH3 is 1. The number of hydrogen-bond donors (Lipinski definition) is 1. The molecule has 1 aromatic carbocycles. The summed E-state index contributed by atoms with van der Waals surface area (Å²) in [5, 5.41) is 23.4. The Labute approximate surface area is 204 Å². The molecule has 174 valence electrons. The summed E-state index contributed by atoms with van der Waals surface area (Å²) in [6, 6.07) is 9.91. The molecule has 34 heavy (non-hydrogen) atoms. The molecule has 1 aliphatic carbocycles. The van der Waals surface area contributed by atoms with Crippen LogP contribution in [0, 0.1) is 11.3 Å². The number of benzene rings is 1. The van der Waals surface area contributed by atoms with Crippen LogP contribution in [0.25, 0.3) is 22.6 Å². The molecule has 1 aliphatic rings. The third-order valence-corrected chi connectivity index (χ3v) is 8.02. The maximum atomic E-state index is 12.7. The predicted octanol–water partition coefficient (Wildman–Crippen LogP) is 5.26. The van der Waals surface area contributed by atoms with Crippen LogP contribution in [0.15, 0.2) is 33.8 Å². The smallest absolute Gasteiger partial charge is 0.235 e. The van der Waals surface area contributed by atoms with E-state index < -0.39 is 0 Å². The van der Waals surface area contributed by atoms with Crippen molar-refractivity contribution in [3.05, 3.63) is 40.3 Å². The van der Waals surface area contributed by atoms with Crippen molar-refractivity contribution < 1.29 is 13.9 Å². The Bertz CT molecular complexity index is 1410.